The highest BCUT2D eigenvalue weighted by molar-refractivity contribution is 5.95. The molecule has 158 valence electrons. The minimum absolute atomic E-state index is 0.109. The van der Waals surface area contributed by atoms with E-state index in [1.807, 2.05) is 73.1 Å². The summed E-state index contributed by atoms with van der Waals surface area (Å²) in [5, 5.41) is 8.48. The summed E-state index contributed by atoms with van der Waals surface area (Å²) in [6, 6.07) is 17.9. The molecule has 0 fully saturated rings. The highest BCUT2D eigenvalue weighted by Gasteiger charge is 2.16. The molecule has 0 aliphatic heterocycles. The molecule has 2 aromatic heterocycles. The van der Waals surface area contributed by atoms with Crippen molar-refractivity contribution in [3.05, 3.63) is 83.8 Å². The molecule has 2 aromatic carbocycles. The van der Waals surface area contributed by atoms with Crippen molar-refractivity contribution in [1.29, 1.82) is 0 Å². The molecule has 1 N–H and O–H groups in total. The van der Waals surface area contributed by atoms with Crippen LogP contribution >= 0.6 is 0 Å². The maximum absolute atomic E-state index is 12.7. The van der Waals surface area contributed by atoms with Gasteiger partial charge in [-0.3, -0.25) is 9.78 Å². The Morgan fingerprint density at radius 1 is 1.10 bits per heavy atom. The van der Waals surface area contributed by atoms with Gasteiger partial charge in [0.05, 0.1) is 29.7 Å². The van der Waals surface area contributed by atoms with E-state index in [0.717, 1.165) is 28.0 Å². The van der Waals surface area contributed by atoms with Crippen LogP contribution in [-0.2, 0) is 6.42 Å². The molecule has 0 bridgehead atoms. The quantitative estimate of drug-likeness (QED) is 0.431. The standard InChI is InChI=1S/C25H26N4O2/c1-3-22-21(17-28-29(22)20-12-10-18(2)11-13-20)25(30)27-15-6-16-31-23-9-4-7-19-8-5-14-26-24(19)23/h4-5,7-14,17H,3,6,15-16H2,1-2H3,(H,27,30). The number of carbonyl (C=O) groups excluding carboxylic acids is 1. The van der Waals surface area contributed by atoms with Crippen LogP contribution in [0.4, 0.5) is 0 Å². The third-order valence-corrected chi connectivity index (χ3v) is 5.19. The number of aryl methyl sites for hydroxylation is 1. The van der Waals surface area contributed by atoms with Crippen LogP contribution in [-0.4, -0.2) is 33.8 Å². The summed E-state index contributed by atoms with van der Waals surface area (Å²) < 4.78 is 7.73. The van der Waals surface area contributed by atoms with Gasteiger partial charge in [-0.1, -0.05) is 42.8 Å². The van der Waals surface area contributed by atoms with E-state index in [1.54, 1.807) is 12.4 Å². The molecule has 0 spiro atoms. The first-order chi connectivity index (χ1) is 15.2. The number of nitrogens with zero attached hydrogens (tertiary/aromatic N) is 3. The molecule has 0 saturated carbocycles. The lowest BCUT2D eigenvalue weighted by molar-refractivity contribution is 0.0950. The van der Waals surface area contributed by atoms with Crippen molar-refractivity contribution in [2.75, 3.05) is 13.2 Å². The number of pyridine rings is 1. The number of para-hydroxylation sites is 1. The summed E-state index contributed by atoms with van der Waals surface area (Å²) in [4.78, 5) is 17.1. The largest absolute Gasteiger partial charge is 0.491 e. The molecule has 31 heavy (non-hydrogen) atoms. The van der Waals surface area contributed by atoms with Crippen molar-refractivity contribution >= 4 is 16.8 Å². The first-order valence-electron chi connectivity index (χ1n) is 10.6. The summed E-state index contributed by atoms with van der Waals surface area (Å²) in [7, 11) is 0. The van der Waals surface area contributed by atoms with Gasteiger partial charge < -0.3 is 10.1 Å². The molecular weight excluding hydrogens is 388 g/mol. The van der Waals surface area contributed by atoms with E-state index in [9.17, 15) is 4.79 Å². The third-order valence-electron chi connectivity index (χ3n) is 5.19. The van der Waals surface area contributed by atoms with Gasteiger partial charge in [0.2, 0.25) is 0 Å². The number of ether oxygens (including phenoxy) is 1. The molecule has 4 aromatic rings. The van der Waals surface area contributed by atoms with E-state index in [-0.39, 0.29) is 5.91 Å². The lowest BCUT2D eigenvalue weighted by Crippen LogP contribution is -2.26. The number of benzene rings is 2. The lowest BCUT2D eigenvalue weighted by atomic mass is 10.1. The lowest BCUT2D eigenvalue weighted by Gasteiger charge is -2.10. The zero-order valence-corrected chi connectivity index (χ0v) is 17.8. The maximum atomic E-state index is 12.7. The van der Waals surface area contributed by atoms with E-state index >= 15 is 0 Å². The van der Waals surface area contributed by atoms with Gasteiger partial charge in [0.15, 0.2) is 0 Å². The van der Waals surface area contributed by atoms with Gasteiger partial charge in [-0.15, -0.1) is 0 Å². The Labute approximate surface area is 181 Å². The van der Waals surface area contributed by atoms with Gasteiger partial charge in [-0.25, -0.2) is 4.68 Å². The smallest absolute Gasteiger partial charge is 0.254 e. The Morgan fingerprint density at radius 2 is 1.90 bits per heavy atom. The first kappa shape index (κ1) is 20.6. The van der Waals surface area contributed by atoms with E-state index < -0.39 is 0 Å². The van der Waals surface area contributed by atoms with Gasteiger partial charge in [0, 0.05) is 18.1 Å². The Kier molecular flexibility index (Phi) is 6.26. The number of fused-ring (bicyclic) bond motifs is 1. The van der Waals surface area contributed by atoms with Crippen molar-refractivity contribution in [2.45, 2.75) is 26.7 Å². The van der Waals surface area contributed by atoms with Crippen LogP contribution in [0.5, 0.6) is 5.75 Å². The topological polar surface area (TPSA) is 69.0 Å². The van der Waals surface area contributed by atoms with Crippen molar-refractivity contribution in [3.63, 3.8) is 0 Å². The second kappa shape index (κ2) is 9.43. The molecule has 0 unspecified atom stereocenters. The van der Waals surface area contributed by atoms with Gasteiger partial charge in [0.25, 0.3) is 5.91 Å². The van der Waals surface area contributed by atoms with Crippen LogP contribution < -0.4 is 10.1 Å². The molecule has 0 atom stereocenters. The zero-order valence-electron chi connectivity index (χ0n) is 17.8. The number of hydrogen-bond donors (Lipinski definition) is 1. The number of rotatable bonds is 8. The number of hydrogen-bond acceptors (Lipinski definition) is 4. The zero-order chi connectivity index (χ0) is 21.6. The van der Waals surface area contributed by atoms with Gasteiger partial charge in [-0.05, 0) is 44.0 Å². The van der Waals surface area contributed by atoms with Crippen LogP contribution in [0.3, 0.4) is 0 Å². The molecule has 1 amide bonds. The molecular formula is C25H26N4O2. The van der Waals surface area contributed by atoms with Crippen LogP contribution in [0, 0.1) is 6.92 Å². The summed E-state index contributed by atoms with van der Waals surface area (Å²) in [6.07, 6.45) is 4.82. The highest BCUT2D eigenvalue weighted by atomic mass is 16.5. The molecule has 0 aliphatic rings. The molecule has 6 heteroatoms. The highest BCUT2D eigenvalue weighted by Crippen LogP contribution is 2.23. The van der Waals surface area contributed by atoms with E-state index in [0.29, 0.717) is 31.6 Å². The Hall–Kier alpha value is -3.67. The molecule has 4 rings (SSSR count). The predicted octanol–water partition coefficient (Wildman–Crippen LogP) is 4.49. The monoisotopic (exact) mass is 414 g/mol. The number of aromatic nitrogens is 3. The minimum atomic E-state index is -0.109. The first-order valence-corrected chi connectivity index (χ1v) is 10.6. The summed E-state index contributed by atoms with van der Waals surface area (Å²) in [5.41, 5.74) is 4.51. The second-order valence-electron chi connectivity index (χ2n) is 7.40. The van der Waals surface area contributed by atoms with E-state index in [4.69, 9.17) is 4.74 Å². The number of nitrogens with one attached hydrogen (secondary N) is 1. The Morgan fingerprint density at radius 3 is 2.71 bits per heavy atom. The molecule has 6 nitrogen and oxygen atoms in total. The van der Waals surface area contributed by atoms with Crippen molar-refractivity contribution in [1.82, 2.24) is 20.1 Å². The average Bonchev–Trinajstić information content (AvgIpc) is 3.23. The van der Waals surface area contributed by atoms with E-state index in [2.05, 4.69) is 15.4 Å². The Bertz CT molecular complexity index is 1180. The van der Waals surface area contributed by atoms with Crippen molar-refractivity contribution in [3.8, 4) is 11.4 Å². The van der Waals surface area contributed by atoms with Crippen LogP contribution in [0.2, 0.25) is 0 Å². The van der Waals surface area contributed by atoms with Crippen LogP contribution in [0.25, 0.3) is 16.6 Å². The fourth-order valence-corrected chi connectivity index (χ4v) is 3.56. The normalized spacial score (nSPS) is 10.9. The van der Waals surface area contributed by atoms with Crippen molar-refractivity contribution in [2.24, 2.45) is 0 Å². The van der Waals surface area contributed by atoms with Crippen LogP contribution in [0.15, 0.2) is 67.0 Å². The van der Waals surface area contributed by atoms with Gasteiger partial charge >= 0.3 is 0 Å². The molecule has 0 aliphatic carbocycles. The molecule has 2 heterocycles. The number of amides is 1. The maximum Gasteiger partial charge on any atom is 0.254 e. The average molecular weight is 415 g/mol. The van der Waals surface area contributed by atoms with Gasteiger partial charge in [-0.2, -0.15) is 5.10 Å². The predicted molar refractivity (Wildman–Crippen MR) is 122 cm³/mol. The fraction of sp³-hybridized carbons (Fsp3) is 0.240. The Balaban J connectivity index is 1.33. The van der Waals surface area contributed by atoms with E-state index in [1.165, 1.54) is 5.56 Å². The summed E-state index contributed by atoms with van der Waals surface area (Å²) >= 11 is 0. The fourth-order valence-electron chi connectivity index (χ4n) is 3.56. The second-order valence-corrected chi connectivity index (χ2v) is 7.40. The SMILES string of the molecule is CCc1c(C(=O)NCCCOc2cccc3cccnc23)cnn1-c1ccc(C)cc1. The molecule has 0 saturated heterocycles. The van der Waals surface area contributed by atoms with Crippen LogP contribution in [0.1, 0.15) is 35.0 Å². The summed E-state index contributed by atoms with van der Waals surface area (Å²) in [6.45, 7) is 5.10. The summed E-state index contributed by atoms with van der Waals surface area (Å²) in [5.74, 6) is 0.652. The number of carbonyl (C=O) groups is 1. The molecule has 0 radical (unpaired) electrons. The minimum Gasteiger partial charge on any atom is -0.491 e. The van der Waals surface area contributed by atoms with Crippen molar-refractivity contribution < 1.29 is 9.53 Å². The third kappa shape index (κ3) is 4.58. The van der Waals surface area contributed by atoms with Gasteiger partial charge in [0.1, 0.15) is 11.3 Å².